The highest BCUT2D eigenvalue weighted by Crippen LogP contribution is 2.29. The normalized spacial score (nSPS) is 14.8. The van der Waals surface area contributed by atoms with Crippen LogP contribution in [-0.2, 0) is 6.54 Å². The molecule has 0 bridgehead atoms. The molecule has 0 radical (unpaired) electrons. The first-order chi connectivity index (χ1) is 16.0. The van der Waals surface area contributed by atoms with Gasteiger partial charge in [0.25, 0.3) is 0 Å². The van der Waals surface area contributed by atoms with Gasteiger partial charge in [0.2, 0.25) is 0 Å². The average molecular weight is 440 g/mol. The Morgan fingerprint density at radius 1 is 0.909 bits per heavy atom. The van der Waals surface area contributed by atoms with Crippen LogP contribution in [0, 0.1) is 0 Å². The van der Waals surface area contributed by atoms with Crippen LogP contribution in [0.4, 0.5) is 5.69 Å². The van der Waals surface area contributed by atoms with Gasteiger partial charge >= 0.3 is 0 Å². The van der Waals surface area contributed by atoms with Gasteiger partial charge in [0, 0.05) is 44.0 Å². The van der Waals surface area contributed by atoms with Crippen molar-refractivity contribution in [1.82, 2.24) is 9.80 Å². The molecule has 33 heavy (non-hydrogen) atoms. The van der Waals surface area contributed by atoms with Crippen molar-refractivity contribution >= 4 is 17.5 Å². The van der Waals surface area contributed by atoms with Gasteiger partial charge in [0.1, 0.15) is 0 Å². The van der Waals surface area contributed by atoms with Crippen LogP contribution in [0.2, 0.25) is 0 Å². The van der Waals surface area contributed by atoms with Crippen LogP contribution in [-0.4, -0.2) is 62.9 Å². The van der Waals surface area contributed by atoms with Crippen LogP contribution in [0.3, 0.4) is 0 Å². The minimum atomic E-state index is 0.0304. The molecule has 0 unspecified atom stereocenters. The third-order valence-corrected chi connectivity index (χ3v) is 6.10. The van der Waals surface area contributed by atoms with Crippen LogP contribution < -0.4 is 4.90 Å². The third kappa shape index (κ3) is 5.98. The number of carbonyl (C=O) groups excluding carboxylic acids is 1. The highest BCUT2D eigenvalue weighted by atomic mass is 16.1. The lowest BCUT2D eigenvalue weighted by molar-refractivity contribution is 0.104. The molecular weight excluding hydrogens is 406 g/mol. The molecular formula is C29H33N3O. The second-order valence-electron chi connectivity index (χ2n) is 9.07. The van der Waals surface area contributed by atoms with Gasteiger partial charge in [-0.15, -0.1) is 0 Å². The Labute approximate surface area is 197 Å². The fourth-order valence-corrected chi connectivity index (χ4v) is 4.29. The van der Waals surface area contributed by atoms with Gasteiger partial charge in [-0.1, -0.05) is 66.7 Å². The van der Waals surface area contributed by atoms with E-state index in [4.69, 9.17) is 0 Å². The first-order valence-electron chi connectivity index (χ1n) is 11.6. The van der Waals surface area contributed by atoms with Crippen LogP contribution in [0.15, 0.2) is 78.9 Å². The lowest BCUT2D eigenvalue weighted by Gasteiger charge is -2.34. The van der Waals surface area contributed by atoms with Gasteiger partial charge in [0.05, 0.1) is 0 Å². The summed E-state index contributed by atoms with van der Waals surface area (Å²) in [5, 5.41) is 0. The van der Waals surface area contributed by atoms with Gasteiger partial charge in [-0.3, -0.25) is 4.79 Å². The highest BCUT2D eigenvalue weighted by Gasteiger charge is 2.18. The van der Waals surface area contributed by atoms with Gasteiger partial charge in [-0.2, -0.15) is 0 Å². The van der Waals surface area contributed by atoms with E-state index in [9.17, 15) is 4.79 Å². The zero-order valence-electron chi connectivity index (χ0n) is 19.9. The van der Waals surface area contributed by atoms with E-state index in [0.717, 1.165) is 60.7 Å². The van der Waals surface area contributed by atoms with E-state index in [1.165, 1.54) is 5.56 Å². The van der Waals surface area contributed by atoms with E-state index in [1.54, 1.807) is 6.08 Å². The van der Waals surface area contributed by atoms with Crippen LogP contribution in [0.5, 0.6) is 0 Å². The van der Waals surface area contributed by atoms with Crippen molar-refractivity contribution in [2.24, 2.45) is 0 Å². The monoisotopic (exact) mass is 439 g/mol. The lowest BCUT2D eigenvalue weighted by atomic mass is 9.95. The molecule has 0 aliphatic carbocycles. The lowest BCUT2D eigenvalue weighted by Crippen LogP contribution is -2.44. The number of anilines is 1. The number of piperazine rings is 1. The smallest absolute Gasteiger partial charge is 0.186 e. The number of rotatable bonds is 7. The Kier molecular flexibility index (Phi) is 7.38. The highest BCUT2D eigenvalue weighted by molar-refractivity contribution is 6.11. The molecule has 1 aliphatic heterocycles. The number of hydrogen-bond donors (Lipinski definition) is 0. The Bertz CT molecular complexity index is 1110. The molecule has 4 nitrogen and oxygen atoms in total. The maximum absolute atomic E-state index is 13.4. The molecule has 0 aromatic heterocycles. The summed E-state index contributed by atoms with van der Waals surface area (Å²) in [6, 6.07) is 24.8. The number of carbonyl (C=O) groups is 1. The zero-order valence-corrected chi connectivity index (χ0v) is 19.9. The summed E-state index contributed by atoms with van der Waals surface area (Å²) in [6.07, 6.45) is 3.64. The first kappa shape index (κ1) is 23.0. The largest absolute Gasteiger partial charge is 0.369 e. The summed E-state index contributed by atoms with van der Waals surface area (Å²) in [6.45, 7) is 4.90. The van der Waals surface area contributed by atoms with E-state index in [1.807, 2.05) is 36.4 Å². The number of hydrogen-bond acceptors (Lipinski definition) is 4. The Hall–Kier alpha value is -3.21. The quantitative estimate of drug-likeness (QED) is 0.380. The Balaban J connectivity index is 1.64. The van der Waals surface area contributed by atoms with Crippen molar-refractivity contribution in [2.45, 2.75) is 6.54 Å². The first-order valence-corrected chi connectivity index (χ1v) is 11.6. The topological polar surface area (TPSA) is 26.8 Å². The van der Waals surface area contributed by atoms with E-state index >= 15 is 0 Å². The molecule has 4 heteroatoms. The van der Waals surface area contributed by atoms with E-state index in [2.05, 4.69) is 78.3 Å². The second kappa shape index (κ2) is 10.6. The molecule has 3 aromatic carbocycles. The van der Waals surface area contributed by atoms with Crippen LogP contribution >= 0.6 is 0 Å². The van der Waals surface area contributed by atoms with Crippen molar-refractivity contribution < 1.29 is 4.79 Å². The average Bonchev–Trinajstić information content (AvgIpc) is 2.83. The molecule has 0 saturated carbocycles. The SMILES string of the molecule is CN(C)Cc1cccc(C=CC(=O)c2cc(N3CCN(C)CC3)ccc2-c2ccccc2)c1. The molecule has 4 rings (SSSR count). The molecule has 0 amide bonds. The van der Waals surface area contributed by atoms with Crippen LogP contribution in [0.1, 0.15) is 21.5 Å². The standard InChI is InChI=1S/C29H33N3O/c1-30(2)22-24-9-7-8-23(20-24)12-15-29(33)28-21-26(32-18-16-31(3)17-19-32)13-14-27(28)25-10-5-4-6-11-25/h4-15,20-21H,16-19,22H2,1-3H3. The van der Waals surface area contributed by atoms with Gasteiger partial charge in [-0.05, 0) is 61.6 Å². The molecule has 0 spiro atoms. The Morgan fingerprint density at radius 2 is 1.67 bits per heavy atom. The third-order valence-electron chi connectivity index (χ3n) is 6.10. The molecule has 1 fully saturated rings. The van der Waals surface area contributed by atoms with E-state index < -0.39 is 0 Å². The minimum absolute atomic E-state index is 0.0304. The van der Waals surface area contributed by atoms with Crippen LogP contribution in [0.25, 0.3) is 17.2 Å². The van der Waals surface area contributed by atoms with Crippen molar-refractivity contribution in [3.05, 3.63) is 95.6 Å². The molecule has 1 aliphatic rings. The van der Waals surface area contributed by atoms with Crippen molar-refractivity contribution in [2.75, 3.05) is 52.2 Å². The zero-order chi connectivity index (χ0) is 23.2. The summed E-state index contributed by atoms with van der Waals surface area (Å²) in [7, 11) is 6.28. The fourth-order valence-electron chi connectivity index (χ4n) is 4.29. The molecule has 0 atom stereocenters. The summed E-state index contributed by atoms with van der Waals surface area (Å²) in [4.78, 5) is 20.3. The van der Waals surface area contributed by atoms with Gasteiger partial charge < -0.3 is 14.7 Å². The number of likely N-dealkylation sites (N-methyl/N-ethyl adjacent to an activating group) is 1. The van der Waals surface area contributed by atoms with Crippen molar-refractivity contribution in [1.29, 1.82) is 0 Å². The van der Waals surface area contributed by atoms with Gasteiger partial charge in [-0.25, -0.2) is 0 Å². The minimum Gasteiger partial charge on any atom is -0.369 e. The second-order valence-corrected chi connectivity index (χ2v) is 9.07. The maximum atomic E-state index is 13.4. The van der Waals surface area contributed by atoms with Crippen molar-refractivity contribution in [3.8, 4) is 11.1 Å². The summed E-state index contributed by atoms with van der Waals surface area (Å²) in [5.41, 5.74) is 6.18. The molecule has 3 aromatic rings. The number of allylic oxidation sites excluding steroid dienone is 1. The predicted octanol–water partition coefficient (Wildman–Crippen LogP) is 5.06. The van der Waals surface area contributed by atoms with Crippen molar-refractivity contribution in [3.63, 3.8) is 0 Å². The molecule has 170 valence electrons. The maximum Gasteiger partial charge on any atom is 0.186 e. The summed E-state index contributed by atoms with van der Waals surface area (Å²) >= 11 is 0. The summed E-state index contributed by atoms with van der Waals surface area (Å²) in [5.74, 6) is 0.0304. The van der Waals surface area contributed by atoms with E-state index in [0.29, 0.717) is 0 Å². The fraction of sp³-hybridized carbons (Fsp3) is 0.276. The Morgan fingerprint density at radius 3 is 2.39 bits per heavy atom. The molecule has 1 heterocycles. The van der Waals surface area contributed by atoms with Gasteiger partial charge in [0.15, 0.2) is 5.78 Å². The number of benzene rings is 3. The molecule has 0 N–H and O–H groups in total. The number of ketones is 1. The summed E-state index contributed by atoms with van der Waals surface area (Å²) < 4.78 is 0. The van der Waals surface area contributed by atoms with E-state index in [-0.39, 0.29) is 5.78 Å². The predicted molar refractivity (Wildman–Crippen MR) is 139 cm³/mol. The molecule has 1 saturated heterocycles. The number of nitrogens with zero attached hydrogens (tertiary/aromatic N) is 3.